The molecule has 0 saturated heterocycles. The van der Waals surface area contributed by atoms with Gasteiger partial charge in [-0.25, -0.2) is 9.59 Å². The summed E-state index contributed by atoms with van der Waals surface area (Å²) in [7, 11) is 0. The summed E-state index contributed by atoms with van der Waals surface area (Å²) in [6.07, 6.45) is 0.314. The van der Waals surface area contributed by atoms with Gasteiger partial charge in [-0.05, 0) is 31.4 Å². The van der Waals surface area contributed by atoms with Crippen molar-refractivity contribution in [2.24, 2.45) is 5.73 Å². The number of carboxylic acids is 1. The van der Waals surface area contributed by atoms with Gasteiger partial charge in [0, 0.05) is 6.54 Å². The van der Waals surface area contributed by atoms with Crippen LogP contribution in [0, 0.1) is 0 Å². The molecule has 0 aliphatic rings. The summed E-state index contributed by atoms with van der Waals surface area (Å²) in [6, 6.07) is 7.91. The van der Waals surface area contributed by atoms with E-state index in [0.29, 0.717) is 19.4 Å². The molecule has 1 aromatic carbocycles. The molecule has 6 heteroatoms. The van der Waals surface area contributed by atoms with Crippen LogP contribution in [-0.2, 0) is 11.3 Å². The maximum absolute atomic E-state index is 11.3. The fourth-order valence-electron chi connectivity index (χ4n) is 1.99. The lowest BCUT2D eigenvalue weighted by Crippen LogP contribution is -2.44. The number of rotatable bonds is 8. The van der Waals surface area contributed by atoms with Gasteiger partial charge in [-0.1, -0.05) is 30.3 Å². The molecule has 0 heterocycles. The minimum atomic E-state index is -1.23. The van der Waals surface area contributed by atoms with Crippen LogP contribution in [-0.4, -0.2) is 39.8 Å². The Labute approximate surface area is 117 Å². The number of benzene rings is 1. The van der Waals surface area contributed by atoms with Crippen molar-refractivity contribution >= 4 is 12.1 Å². The lowest BCUT2D eigenvalue weighted by Gasteiger charge is -2.26. The first-order valence-corrected chi connectivity index (χ1v) is 6.52. The number of carbonyl (C=O) groups is 2. The monoisotopic (exact) mass is 280 g/mol. The summed E-state index contributed by atoms with van der Waals surface area (Å²) in [4.78, 5) is 23.6. The van der Waals surface area contributed by atoms with Crippen LogP contribution in [0.1, 0.15) is 24.8 Å². The fourth-order valence-corrected chi connectivity index (χ4v) is 1.99. The van der Waals surface area contributed by atoms with E-state index in [1.165, 1.54) is 0 Å². The van der Waals surface area contributed by atoms with Gasteiger partial charge in [0.2, 0.25) is 0 Å². The molecule has 0 radical (unpaired) electrons. The van der Waals surface area contributed by atoms with Crippen molar-refractivity contribution in [1.29, 1.82) is 0 Å². The van der Waals surface area contributed by atoms with Crippen molar-refractivity contribution in [3.05, 3.63) is 35.9 Å². The van der Waals surface area contributed by atoms with E-state index in [-0.39, 0.29) is 13.0 Å². The third kappa shape index (κ3) is 4.89. The zero-order valence-corrected chi connectivity index (χ0v) is 11.2. The van der Waals surface area contributed by atoms with Crippen molar-refractivity contribution in [3.63, 3.8) is 0 Å². The smallest absolute Gasteiger partial charge is 0.408 e. The third-order valence-corrected chi connectivity index (χ3v) is 3.03. The van der Waals surface area contributed by atoms with Crippen LogP contribution in [0.3, 0.4) is 0 Å². The van der Waals surface area contributed by atoms with Crippen LogP contribution in [0.25, 0.3) is 0 Å². The van der Waals surface area contributed by atoms with E-state index in [4.69, 9.17) is 5.73 Å². The van der Waals surface area contributed by atoms with Gasteiger partial charge in [-0.3, -0.25) is 4.90 Å². The molecule has 6 nitrogen and oxygen atoms in total. The second kappa shape index (κ2) is 8.16. The fraction of sp³-hybridized carbons (Fsp3) is 0.429. The molecule has 1 amide bonds. The summed E-state index contributed by atoms with van der Waals surface area (Å²) in [5.41, 5.74) is 6.14. The first-order valence-electron chi connectivity index (χ1n) is 6.52. The number of hydrogen-bond donors (Lipinski definition) is 3. The lowest BCUT2D eigenvalue weighted by atomic mass is 10.1. The van der Waals surface area contributed by atoms with Gasteiger partial charge in [0.15, 0.2) is 0 Å². The number of carboxylic acid groups (broad SMARTS) is 2. The highest BCUT2D eigenvalue weighted by atomic mass is 16.4. The molecule has 1 unspecified atom stereocenters. The predicted molar refractivity (Wildman–Crippen MR) is 74.3 cm³/mol. The van der Waals surface area contributed by atoms with Crippen LogP contribution in [0.2, 0.25) is 0 Å². The average molecular weight is 280 g/mol. The van der Waals surface area contributed by atoms with E-state index >= 15 is 0 Å². The SMILES string of the molecule is NCCCCC(C(=O)O)N(Cc1ccccc1)C(=O)O. The molecule has 0 aliphatic carbocycles. The van der Waals surface area contributed by atoms with Crippen LogP contribution < -0.4 is 5.73 Å². The number of amides is 1. The normalized spacial score (nSPS) is 11.8. The minimum absolute atomic E-state index is 0.0652. The van der Waals surface area contributed by atoms with Gasteiger partial charge < -0.3 is 15.9 Å². The van der Waals surface area contributed by atoms with Crippen molar-refractivity contribution < 1.29 is 19.8 Å². The number of aliphatic carboxylic acids is 1. The van der Waals surface area contributed by atoms with E-state index < -0.39 is 18.1 Å². The zero-order valence-electron chi connectivity index (χ0n) is 11.2. The maximum Gasteiger partial charge on any atom is 0.408 e. The molecule has 1 rings (SSSR count). The highest BCUT2D eigenvalue weighted by Gasteiger charge is 2.29. The Morgan fingerprint density at radius 2 is 1.80 bits per heavy atom. The van der Waals surface area contributed by atoms with E-state index in [0.717, 1.165) is 10.5 Å². The molecule has 0 saturated carbocycles. The largest absolute Gasteiger partial charge is 0.480 e. The van der Waals surface area contributed by atoms with E-state index in [2.05, 4.69) is 0 Å². The van der Waals surface area contributed by atoms with Gasteiger partial charge in [0.25, 0.3) is 0 Å². The Bertz CT molecular complexity index is 436. The van der Waals surface area contributed by atoms with Crippen molar-refractivity contribution in [1.82, 2.24) is 4.90 Å². The second-order valence-corrected chi connectivity index (χ2v) is 4.53. The molecule has 110 valence electrons. The molecule has 0 fully saturated rings. The Hall–Kier alpha value is -2.08. The molecule has 1 atom stereocenters. The summed E-state index contributed by atoms with van der Waals surface area (Å²) in [5.74, 6) is -1.12. The average Bonchev–Trinajstić information content (AvgIpc) is 2.42. The van der Waals surface area contributed by atoms with Crippen molar-refractivity contribution in [2.75, 3.05) is 6.54 Å². The van der Waals surface area contributed by atoms with Crippen LogP contribution in [0.15, 0.2) is 30.3 Å². The Kier molecular flexibility index (Phi) is 6.52. The molecular weight excluding hydrogens is 260 g/mol. The van der Waals surface area contributed by atoms with Crippen molar-refractivity contribution in [3.8, 4) is 0 Å². The molecule has 0 bridgehead atoms. The van der Waals surface area contributed by atoms with Crippen LogP contribution in [0.5, 0.6) is 0 Å². The number of nitrogens with zero attached hydrogens (tertiary/aromatic N) is 1. The third-order valence-electron chi connectivity index (χ3n) is 3.03. The molecular formula is C14H20N2O4. The van der Waals surface area contributed by atoms with Crippen LogP contribution in [0.4, 0.5) is 4.79 Å². The highest BCUT2D eigenvalue weighted by Crippen LogP contribution is 2.14. The van der Waals surface area contributed by atoms with Crippen LogP contribution >= 0.6 is 0 Å². The first kappa shape index (κ1) is 16.0. The highest BCUT2D eigenvalue weighted by molar-refractivity contribution is 5.79. The van der Waals surface area contributed by atoms with Crippen molar-refractivity contribution in [2.45, 2.75) is 31.8 Å². The molecule has 4 N–H and O–H groups in total. The quantitative estimate of drug-likeness (QED) is 0.629. The van der Waals surface area contributed by atoms with Gasteiger partial charge >= 0.3 is 12.1 Å². The lowest BCUT2D eigenvalue weighted by molar-refractivity contribution is -0.143. The Morgan fingerprint density at radius 1 is 1.15 bits per heavy atom. The number of nitrogens with two attached hydrogens (primary N) is 1. The zero-order chi connectivity index (χ0) is 15.0. The summed E-state index contributed by atoms with van der Waals surface area (Å²) in [5, 5.41) is 18.5. The number of hydrogen-bond acceptors (Lipinski definition) is 3. The van der Waals surface area contributed by atoms with Gasteiger partial charge in [-0.2, -0.15) is 0 Å². The molecule has 1 aromatic rings. The Balaban J connectivity index is 2.80. The Morgan fingerprint density at radius 3 is 2.30 bits per heavy atom. The predicted octanol–water partition coefficient (Wildman–Crippen LogP) is 1.75. The maximum atomic E-state index is 11.3. The van der Waals surface area contributed by atoms with E-state index in [1.54, 1.807) is 24.3 Å². The van der Waals surface area contributed by atoms with Gasteiger partial charge in [0.05, 0.1) is 0 Å². The molecule has 20 heavy (non-hydrogen) atoms. The van der Waals surface area contributed by atoms with E-state index in [1.807, 2.05) is 6.07 Å². The topological polar surface area (TPSA) is 104 Å². The van der Waals surface area contributed by atoms with Gasteiger partial charge in [-0.15, -0.1) is 0 Å². The second-order valence-electron chi connectivity index (χ2n) is 4.53. The first-order chi connectivity index (χ1) is 9.56. The van der Waals surface area contributed by atoms with E-state index in [9.17, 15) is 19.8 Å². The number of unbranched alkanes of at least 4 members (excludes halogenated alkanes) is 1. The summed E-state index contributed by atoms with van der Waals surface area (Å²) < 4.78 is 0. The minimum Gasteiger partial charge on any atom is -0.480 e. The molecule has 0 aromatic heterocycles. The van der Waals surface area contributed by atoms with Gasteiger partial charge in [0.1, 0.15) is 6.04 Å². The summed E-state index contributed by atoms with van der Waals surface area (Å²) in [6.45, 7) is 0.536. The molecule has 0 aliphatic heterocycles. The standard InChI is InChI=1S/C14H20N2O4/c15-9-5-4-8-12(13(17)18)16(14(19)20)10-11-6-2-1-3-7-11/h1-3,6-7,12H,4-5,8-10,15H2,(H,17,18)(H,19,20). The summed E-state index contributed by atoms with van der Waals surface area (Å²) >= 11 is 0. The molecule has 0 spiro atoms.